The molecule has 2 aromatic carbocycles. The number of carboxylic acids is 1. The fourth-order valence-corrected chi connectivity index (χ4v) is 2.89. The Morgan fingerprint density at radius 2 is 1.43 bits per heavy atom. The molecular weight excluding hydrogens is 296 g/mol. The van der Waals surface area contributed by atoms with Crippen molar-refractivity contribution >= 4 is 38.5 Å². The fourth-order valence-electron chi connectivity index (χ4n) is 2.89. The van der Waals surface area contributed by atoms with Crippen LogP contribution in [-0.4, -0.2) is 21.0 Å². The van der Waals surface area contributed by atoms with Crippen LogP contribution >= 0.6 is 0 Å². The van der Waals surface area contributed by atoms with Crippen LogP contribution in [0.2, 0.25) is 0 Å². The van der Waals surface area contributed by atoms with E-state index in [-0.39, 0.29) is 16.6 Å². The van der Waals surface area contributed by atoms with E-state index in [1.54, 1.807) is 30.5 Å². The number of nitrogens with one attached hydrogen (secondary N) is 2. The summed E-state index contributed by atoms with van der Waals surface area (Å²) in [7, 11) is 0. The van der Waals surface area contributed by atoms with Crippen LogP contribution in [0.1, 0.15) is 10.5 Å². The SMILES string of the molecule is O=C(O)c1cc(=O)c2ccc3c(ccc4c(=O)cc[nH]c43)c2[nH]1. The number of carboxylic acid groups (broad SMARTS) is 1. The van der Waals surface area contributed by atoms with Gasteiger partial charge >= 0.3 is 5.97 Å². The monoisotopic (exact) mass is 306 g/mol. The molecule has 6 heteroatoms. The number of rotatable bonds is 1. The highest BCUT2D eigenvalue weighted by Crippen LogP contribution is 2.27. The number of fused-ring (bicyclic) bond motifs is 5. The molecule has 0 amide bonds. The van der Waals surface area contributed by atoms with Crippen molar-refractivity contribution in [2.45, 2.75) is 0 Å². The molecule has 0 spiro atoms. The second kappa shape index (κ2) is 4.54. The largest absolute Gasteiger partial charge is 0.477 e. The van der Waals surface area contributed by atoms with E-state index in [9.17, 15) is 14.4 Å². The molecule has 0 unspecified atom stereocenters. The second-order valence-corrected chi connectivity index (χ2v) is 5.27. The molecule has 3 N–H and O–H groups in total. The Morgan fingerprint density at radius 3 is 2.13 bits per heavy atom. The summed E-state index contributed by atoms with van der Waals surface area (Å²) < 4.78 is 0. The smallest absolute Gasteiger partial charge is 0.352 e. The number of carbonyl (C=O) groups is 1. The summed E-state index contributed by atoms with van der Waals surface area (Å²) in [5.41, 5.74) is 0.461. The zero-order chi connectivity index (χ0) is 16.1. The van der Waals surface area contributed by atoms with E-state index in [0.29, 0.717) is 27.2 Å². The molecule has 6 nitrogen and oxygen atoms in total. The summed E-state index contributed by atoms with van der Waals surface area (Å²) in [5.74, 6) is -1.20. The number of aromatic carboxylic acids is 1. The number of benzene rings is 2. The predicted molar refractivity (Wildman–Crippen MR) is 87.2 cm³/mol. The lowest BCUT2D eigenvalue weighted by Gasteiger charge is -2.07. The molecule has 0 aliphatic rings. The van der Waals surface area contributed by atoms with Crippen LogP contribution in [0.3, 0.4) is 0 Å². The van der Waals surface area contributed by atoms with Gasteiger partial charge in [-0.05, 0) is 12.1 Å². The Kier molecular flexibility index (Phi) is 2.62. The van der Waals surface area contributed by atoms with Crippen molar-refractivity contribution in [3.8, 4) is 0 Å². The molecule has 4 rings (SSSR count). The molecule has 0 fully saturated rings. The molecule has 0 aliphatic heterocycles. The van der Waals surface area contributed by atoms with Gasteiger partial charge in [-0.25, -0.2) is 4.79 Å². The summed E-state index contributed by atoms with van der Waals surface area (Å²) in [6, 6.07) is 9.29. The lowest BCUT2D eigenvalue weighted by Crippen LogP contribution is -2.09. The van der Waals surface area contributed by atoms with Gasteiger partial charge in [-0.3, -0.25) is 9.59 Å². The summed E-state index contributed by atoms with van der Waals surface area (Å²) in [6.45, 7) is 0. The van der Waals surface area contributed by atoms with Gasteiger partial charge in [0.05, 0.1) is 11.0 Å². The van der Waals surface area contributed by atoms with Gasteiger partial charge in [0, 0.05) is 39.9 Å². The highest BCUT2D eigenvalue weighted by atomic mass is 16.4. The topological polar surface area (TPSA) is 103 Å². The first-order valence-electron chi connectivity index (χ1n) is 6.90. The van der Waals surface area contributed by atoms with Crippen molar-refractivity contribution in [2.24, 2.45) is 0 Å². The predicted octanol–water partition coefficient (Wildman–Crippen LogP) is 2.22. The van der Waals surface area contributed by atoms with E-state index in [1.807, 2.05) is 0 Å². The second-order valence-electron chi connectivity index (χ2n) is 5.27. The Morgan fingerprint density at radius 1 is 0.826 bits per heavy atom. The van der Waals surface area contributed by atoms with E-state index in [2.05, 4.69) is 9.97 Å². The molecule has 23 heavy (non-hydrogen) atoms. The minimum Gasteiger partial charge on any atom is -0.477 e. The van der Waals surface area contributed by atoms with Gasteiger partial charge in [0.1, 0.15) is 5.69 Å². The molecule has 4 aromatic rings. The van der Waals surface area contributed by atoms with Crippen molar-refractivity contribution in [1.29, 1.82) is 0 Å². The number of hydrogen-bond acceptors (Lipinski definition) is 3. The average molecular weight is 306 g/mol. The van der Waals surface area contributed by atoms with Crippen molar-refractivity contribution in [2.75, 3.05) is 0 Å². The number of aromatic nitrogens is 2. The third-order valence-electron chi connectivity index (χ3n) is 3.96. The normalized spacial score (nSPS) is 11.3. The first-order valence-corrected chi connectivity index (χ1v) is 6.90. The molecule has 0 atom stereocenters. The standard InChI is InChI=1S/C17H10N2O4/c20-13-5-6-18-15-8-1-4-11-14(21)7-12(17(22)23)19-16(11)9(8)2-3-10(13)15/h1-7H,(H,18,20)(H,19,21)(H,22,23). The van der Waals surface area contributed by atoms with E-state index >= 15 is 0 Å². The lowest BCUT2D eigenvalue weighted by molar-refractivity contribution is 0.0691. The van der Waals surface area contributed by atoms with Crippen molar-refractivity contribution < 1.29 is 9.90 Å². The van der Waals surface area contributed by atoms with Crippen molar-refractivity contribution in [3.63, 3.8) is 0 Å². The fraction of sp³-hybridized carbons (Fsp3) is 0. The molecule has 0 radical (unpaired) electrons. The zero-order valence-electron chi connectivity index (χ0n) is 11.7. The quantitative estimate of drug-likeness (QED) is 0.469. The maximum Gasteiger partial charge on any atom is 0.352 e. The van der Waals surface area contributed by atoms with Gasteiger partial charge < -0.3 is 15.1 Å². The van der Waals surface area contributed by atoms with Crippen LogP contribution in [0, 0.1) is 0 Å². The van der Waals surface area contributed by atoms with Crippen molar-refractivity contribution in [3.05, 3.63) is 68.7 Å². The van der Waals surface area contributed by atoms with Gasteiger partial charge in [-0.2, -0.15) is 0 Å². The summed E-state index contributed by atoms with van der Waals surface area (Å²) in [5, 5.41) is 11.5. The number of hydrogen-bond donors (Lipinski definition) is 3. The van der Waals surface area contributed by atoms with Gasteiger partial charge in [-0.15, -0.1) is 0 Å². The maximum absolute atomic E-state index is 12.1. The van der Waals surface area contributed by atoms with E-state index in [1.165, 1.54) is 6.07 Å². The van der Waals surface area contributed by atoms with Gasteiger partial charge in [-0.1, -0.05) is 12.1 Å². The maximum atomic E-state index is 12.1. The zero-order valence-corrected chi connectivity index (χ0v) is 11.7. The first-order chi connectivity index (χ1) is 11.1. The molecule has 2 aromatic heterocycles. The molecule has 0 bridgehead atoms. The van der Waals surface area contributed by atoms with Gasteiger partial charge in [0.2, 0.25) is 0 Å². The Labute approximate surface area is 128 Å². The van der Waals surface area contributed by atoms with Crippen LogP contribution in [0.25, 0.3) is 32.6 Å². The summed E-state index contributed by atoms with van der Waals surface area (Å²) in [4.78, 5) is 41.1. The molecule has 0 saturated carbocycles. The highest BCUT2D eigenvalue weighted by molar-refractivity contribution is 6.15. The van der Waals surface area contributed by atoms with Crippen LogP contribution in [0.4, 0.5) is 0 Å². The summed E-state index contributed by atoms with van der Waals surface area (Å²) in [6.07, 6.45) is 1.56. The highest BCUT2D eigenvalue weighted by Gasteiger charge is 2.12. The minimum atomic E-state index is -1.20. The van der Waals surface area contributed by atoms with E-state index < -0.39 is 5.97 Å². The van der Waals surface area contributed by atoms with Gasteiger partial charge in [0.25, 0.3) is 0 Å². The third kappa shape index (κ3) is 1.85. The molecule has 2 heterocycles. The van der Waals surface area contributed by atoms with Gasteiger partial charge in [0.15, 0.2) is 10.9 Å². The average Bonchev–Trinajstić information content (AvgIpc) is 2.54. The van der Waals surface area contributed by atoms with Crippen LogP contribution < -0.4 is 10.9 Å². The molecule has 0 aliphatic carbocycles. The number of aromatic amines is 2. The molecule has 112 valence electrons. The minimum absolute atomic E-state index is 0.103. The third-order valence-corrected chi connectivity index (χ3v) is 3.96. The Bertz CT molecular complexity index is 1230. The van der Waals surface area contributed by atoms with Crippen LogP contribution in [-0.2, 0) is 0 Å². The number of pyridine rings is 2. The van der Waals surface area contributed by atoms with Crippen LogP contribution in [0.15, 0.2) is 52.2 Å². The number of H-pyrrole nitrogens is 2. The Hall–Kier alpha value is -3.41. The molecule has 0 saturated heterocycles. The molecular formula is C17H10N2O4. The summed E-state index contributed by atoms with van der Waals surface area (Å²) >= 11 is 0. The lowest BCUT2D eigenvalue weighted by atomic mass is 10.0. The van der Waals surface area contributed by atoms with E-state index in [4.69, 9.17) is 5.11 Å². The van der Waals surface area contributed by atoms with E-state index in [0.717, 1.165) is 11.5 Å². The Balaban J connectivity index is 2.27. The first kappa shape index (κ1) is 13.3. The van der Waals surface area contributed by atoms with Crippen molar-refractivity contribution in [1.82, 2.24) is 9.97 Å². The van der Waals surface area contributed by atoms with Crippen LogP contribution in [0.5, 0.6) is 0 Å².